The Kier molecular flexibility index (Phi) is 4.54. The summed E-state index contributed by atoms with van der Waals surface area (Å²) < 4.78 is 5.79. The first-order chi connectivity index (χ1) is 10.2. The highest BCUT2D eigenvalue weighted by atomic mass is 16.5. The molecule has 0 amide bonds. The number of hydrogen-bond acceptors (Lipinski definition) is 4. The van der Waals surface area contributed by atoms with Crippen molar-refractivity contribution in [1.82, 2.24) is 10.3 Å². The van der Waals surface area contributed by atoms with Crippen molar-refractivity contribution < 1.29 is 9.53 Å². The van der Waals surface area contributed by atoms with Crippen LogP contribution < -0.4 is 10.1 Å². The van der Waals surface area contributed by atoms with Crippen LogP contribution in [0.25, 0.3) is 0 Å². The fourth-order valence-electron chi connectivity index (χ4n) is 2.95. The number of carbonyl (C=O) groups is 1. The number of nitrogens with one attached hydrogen (secondary N) is 1. The van der Waals surface area contributed by atoms with Gasteiger partial charge in [-0.1, -0.05) is 0 Å². The van der Waals surface area contributed by atoms with Crippen LogP contribution in [-0.4, -0.2) is 30.0 Å². The van der Waals surface area contributed by atoms with E-state index in [2.05, 4.69) is 16.4 Å². The SMILES string of the molecule is CC(=O)CC[C@@H]1C[C@H]1Cc1cncc(OC[C@@H]2CCN2)c1. The van der Waals surface area contributed by atoms with Crippen LogP contribution in [0.5, 0.6) is 5.75 Å². The van der Waals surface area contributed by atoms with Gasteiger partial charge < -0.3 is 14.8 Å². The molecule has 2 fully saturated rings. The molecule has 2 heterocycles. The lowest BCUT2D eigenvalue weighted by Crippen LogP contribution is -2.46. The number of ether oxygens (including phenoxy) is 1. The molecule has 1 N–H and O–H groups in total. The summed E-state index contributed by atoms with van der Waals surface area (Å²) in [6, 6.07) is 2.62. The van der Waals surface area contributed by atoms with Crippen LogP contribution in [0.3, 0.4) is 0 Å². The Morgan fingerprint density at radius 2 is 2.29 bits per heavy atom. The molecule has 3 rings (SSSR count). The molecule has 1 aliphatic carbocycles. The topological polar surface area (TPSA) is 51.2 Å². The Morgan fingerprint density at radius 1 is 1.43 bits per heavy atom. The van der Waals surface area contributed by atoms with Crippen LogP contribution >= 0.6 is 0 Å². The van der Waals surface area contributed by atoms with Crippen molar-refractivity contribution in [3.63, 3.8) is 0 Å². The molecule has 4 heteroatoms. The highest BCUT2D eigenvalue weighted by Gasteiger charge is 2.36. The molecule has 1 saturated carbocycles. The monoisotopic (exact) mass is 288 g/mol. The van der Waals surface area contributed by atoms with Crippen LogP contribution in [0.4, 0.5) is 0 Å². The maximum Gasteiger partial charge on any atom is 0.137 e. The van der Waals surface area contributed by atoms with Gasteiger partial charge in [0.2, 0.25) is 0 Å². The van der Waals surface area contributed by atoms with E-state index in [0.717, 1.165) is 50.0 Å². The highest BCUT2D eigenvalue weighted by Crippen LogP contribution is 2.44. The minimum absolute atomic E-state index is 0.308. The smallest absolute Gasteiger partial charge is 0.137 e. The van der Waals surface area contributed by atoms with Gasteiger partial charge in [-0.3, -0.25) is 4.98 Å². The molecule has 4 nitrogen and oxygen atoms in total. The molecule has 0 radical (unpaired) electrons. The lowest BCUT2D eigenvalue weighted by molar-refractivity contribution is -0.117. The number of Topliss-reactive ketones (excluding diaryl/α,β-unsaturated/α-hetero) is 1. The second-order valence-electron chi connectivity index (χ2n) is 6.48. The van der Waals surface area contributed by atoms with Crippen molar-refractivity contribution in [2.45, 2.75) is 45.1 Å². The Morgan fingerprint density at radius 3 is 3.00 bits per heavy atom. The Hall–Kier alpha value is -1.42. The standard InChI is InChI=1S/C17H24N2O2/c1-12(20)2-3-14-8-15(14)6-13-7-17(10-18-9-13)21-11-16-4-5-19-16/h7,9-10,14-16,19H,2-6,8,11H2,1H3/t14-,15-,16+/m1/s1. The van der Waals surface area contributed by atoms with E-state index in [4.69, 9.17) is 4.74 Å². The van der Waals surface area contributed by atoms with Crippen molar-refractivity contribution in [3.05, 3.63) is 24.0 Å². The molecule has 1 aliphatic heterocycles. The fraction of sp³-hybridized carbons (Fsp3) is 0.647. The molecule has 2 aliphatic rings. The Balaban J connectivity index is 1.44. The third-order valence-corrected chi connectivity index (χ3v) is 4.58. The molecule has 0 unspecified atom stereocenters. The average molecular weight is 288 g/mol. The summed E-state index contributed by atoms with van der Waals surface area (Å²) in [6.07, 6.45) is 9.04. The van der Waals surface area contributed by atoms with Gasteiger partial charge in [-0.15, -0.1) is 0 Å². The molecular weight excluding hydrogens is 264 g/mol. The van der Waals surface area contributed by atoms with Gasteiger partial charge in [-0.2, -0.15) is 0 Å². The summed E-state index contributed by atoms with van der Waals surface area (Å²) in [4.78, 5) is 15.3. The molecule has 1 aromatic heterocycles. The van der Waals surface area contributed by atoms with Crippen molar-refractivity contribution in [3.8, 4) is 5.75 Å². The predicted octanol–water partition coefficient (Wildman–Crippen LogP) is 2.37. The zero-order valence-electron chi connectivity index (χ0n) is 12.7. The van der Waals surface area contributed by atoms with E-state index in [0.29, 0.717) is 11.8 Å². The molecule has 114 valence electrons. The van der Waals surface area contributed by atoms with E-state index in [-0.39, 0.29) is 0 Å². The van der Waals surface area contributed by atoms with Crippen LogP contribution in [0.1, 0.15) is 38.2 Å². The predicted molar refractivity (Wildman–Crippen MR) is 81.4 cm³/mol. The molecule has 0 bridgehead atoms. The van der Waals surface area contributed by atoms with Gasteiger partial charge in [-0.05, 0) is 62.6 Å². The van der Waals surface area contributed by atoms with Crippen molar-refractivity contribution in [1.29, 1.82) is 0 Å². The maximum atomic E-state index is 11.0. The van der Waals surface area contributed by atoms with Crippen LogP contribution in [0.2, 0.25) is 0 Å². The van der Waals surface area contributed by atoms with E-state index < -0.39 is 0 Å². The number of hydrogen-bond donors (Lipinski definition) is 1. The summed E-state index contributed by atoms with van der Waals surface area (Å²) >= 11 is 0. The van der Waals surface area contributed by atoms with Gasteiger partial charge in [-0.25, -0.2) is 0 Å². The van der Waals surface area contributed by atoms with Gasteiger partial charge in [0.25, 0.3) is 0 Å². The summed E-state index contributed by atoms with van der Waals surface area (Å²) in [5.74, 6) is 2.65. The molecule has 3 atom stereocenters. The molecule has 0 spiro atoms. The second kappa shape index (κ2) is 6.56. The lowest BCUT2D eigenvalue weighted by atomic mass is 10.1. The first kappa shape index (κ1) is 14.5. The number of aromatic nitrogens is 1. The Bertz CT molecular complexity index is 499. The summed E-state index contributed by atoms with van der Waals surface area (Å²) in [6.45, 7) is 3.52. The average Bonchev–Trinajstić information content (AvgIpc) is 3.13. The van der Waals surface area contributed by atoms with E-state index in [1.54, 1.807) is 13.1 Å². The maximum absolute atomic E-state index is 11.0. The van der Waals surface area contributed by atoms with Gasteiger partial charge in [0.05, 0.1) is 6.20 Å². The molecule has 21 heavy (non-hydrogen) atoms. The van der Waals surface area contributed by atoms with E-state index in [9.17, 15) is 4.79 Å². The van der Waals surface area contributed by atoms with Crippen LogP contribution in [0, 0.1) is 11.8 Å². The van der Waals surface area contributed by atoms with Crippen LogP contribution in [-0.2, 0) is 11.2 Å². The number of nitrogens with zero attached hydrogens (tertiary/aromatic N) is 1. The van der Waals surface area contributed by atoms with Gasteiger partial charge >= 0.3 is 0 Å². The third kappa shape index (κ3) is 4.27. The zero-order chi connectivity index (χ0) is 14.7. The van der Waals surface area contributed by atoms with Crippen molar-refractivity contribution >= 4 is 5.78 Å². The van der Waals surface area contributed by atoms with E-state index in [1.807, 2.05) is 6.20 Å². The van der Waals surface area contributed by atoms with E-state index in [1.165, 1.54) is 18.4 Å². The second-order valence-corrected chi connectivity index (χ2v) is 6.48. The normalized spacial score (nSPS) is 27.0. The quantitative estimate of drug-likeness (QED) is 0.798. The van der Waals surface area contributed by atoms with Gasteiger partial charge in [0.15, 0.2) is 0 Å². The molecule has 1 aromatic rings. The largest absolute Gasteiger partial charge is 0.490 e. The lowest BCUT2D eigenvalue weighted by Gasteiger charge is -2.27. The van der Waals surface area contributed by atoms with Crippen molar-refractivity contribution in [2.24, 2.45) is 11.8 Å². The van der Waals surface area contributed by atoms with Gasteiger partial charge in [0.1, 0.15) is 18.1 Å². The number of rotatable bonds is 8. The van der Waals surface area contributed by atoms with Crippen LogP contribution in [0.15, 0.2) is 18.5 Å². The number of ketones is 1. The van der Waals surface area contributed by atoms with Crippen molar-refractivity contribution in [2.75, 3.05) is 13.2 Å². The Labute approximate surface area is 126 Å². The van der Waals surface area contributed by atoms with E-state index >= 15 is 0 Å². The number of carbonyl (C=O) groups excluding carboxylic acids is 1. The number of pyridine rings is 1. The summed E-state index contributed by atoms with van der Waals surface area (Å²) in [7, 11) is 0. The van der Waals surface area contributed by atoms with Gasteiger partial charge in [0, 0.05) is 18.7 Å². The minimum atomic E-state index is 0.308. The molecule has 1 saturated heterocycles. The summed E-state index contributed by atoms with van der Waals surface area (Å²) in [5.41, 5.74) is 1.25. The molecule has 0 aromatic carbocycles. The third-order valence-electron chi connectivity index (χ3n) is 4.58. The minimum Gasteiger partial charge on any atom is -0.490 e. The summed E-state index contributed by atoms with van der Waals surface area (Å²) in [5, 5.41) is 3.33. The highest BCUT2D eigenvalue weighted by molar-refractivity contribution is 5.75. The fourth-order valence-corrected chi connectivity index (χ4v) is 2.95. The first-order valence-electron chi connectivity index (χ1n) is 8.00. The first-order valence-corrected chi connectivity index (χ1v) is 8.00. The molecular formula is C17H24N2O2. The zero-order valence-corrected chi connectivity index (χ0v) is 12.7.